The number of halogens is 1. The molecule has 2 N–H and O–H groups in total. The zero-order valence-corrected chi connectivity index (χ0v) is 8.37. The van der Waals surface area contributed by atoms with Crippen molar-refractivity contribution in [1.29, 1.82) is 0 Å². The van der Waals surface area contributed by atoms with Crippen molar-refractivity contribution in [2.75, 3.05) is 0 Å². The number of benzene rings is 1. The molecule has 1 radical (unpaired) electrons. The van der Waals surface area contributed by atoms with Crippen LogP contribution in [0.5, 0.6) is 0 Å². The highest BCUT2D eigenvalue weighted by Gasteiger charge is 2.20. The molecule has 1 aliphatic carbocycles. The van der Waals surface area contributed by atoms with E-state index in [1.165, 1.54) is 18.6 Å². The van der Waals surface area contributed by atoms with Gasteiger partial charge in [-0.25, -0.2) is 4.39 Å². The minimum absolute atomic E-state index is 0.280. The lowest BCUT2D eigenvalue weighted by Gasteiger charge is -2.25. The predicted molar refractivity (Wildman–Crippen MR) is 55.7 cm³/mol. The van der Waals surface area contributed by atoms with E-state index in [0.717, 1.165) is 18.4 Å². The summed E-state index contributed by atoms with van der Waals surface area (Å²) >= 11 is 0. The van der Waals surface area contributed by atoms with Gasteiger partial charge in [-0.1, -0.05) is 12.5 Å². The molecule has 0 unspecified atom stereocenters. The molecule has 1 amide bonds. The van der Waals surface area contributed by atoms with Gasteiger partial charge in [-0.05, 0) is 42.9 Å². The molecular weight excluding hydrogens is 193 g/mol. The minimum atomic E-state index is -0.569. The molecule has 2 nitrogen and oxygen atoms in total. The highest BCUT2D eigenvalue weighted by Crippen LogP contribution is 2.32. The van der Waals surface area contributed by atoms with Gasteiger partial charge < -0.3 is 5.73 Å². The van der Waals surface area contributed by atoms with Crippen LogP contribution in [0.15, 0.2) is 18.2 Å². The monoisotopic (exact) mass is 206 g/mol. The van der Waals surface area contributed by atoms with Crippen molar-refractivity contribution in [3.05, 3.63) is 41.6 Å². The number of nitrogens with two attached hydrogens (primary N) is 1. The molecule has 0 aliphatic heterocycles. The van der Waals surface area contributed by atoms with E-state index < -0.39 is 11.7 Å². The summed E-state index contributed by atoms with van der Waals surface area (Å²) in [5.41, 5.74) is 6.23. The molecule has 2 rings (SSSR count). The molecule has 0 atom stereocenters. The second-order valence-corrected chi connectivity index (χ2v) is 3.95. The van der Waals surface area contributed by atoms with Gasteiger partial charge in [-0.3, -0.25) is 4.79 Å². The number of rotatable bonds is 3. The Labute approximate surface area is 88.3 Å². The van der Waals surface area contributed by atoms with Gasteiger partial charge in [0.05, 0.1) is 0 Å². The molecule has 0 heterocycles. The van der Waals surface area contributed by atoms with Crippen molar-refractivity contribution >= 4 is 5.91 Å². The van der Waals surface area contributed by atoms with Crippen LogP contribution in [0.1, 0.15) is 35.2 Å². The van der Waals surface area contributed by atoms with Crippen molar-refractivity contribution < 1.29 is 9.18 Å². The Morgan fingerprint density at radius 2 is 2.20 bits per heavy atom. The summed E-state index contributed by atoms with van der Waals surface area (Å²) in [7, 11) is 0. The number of amides is 1. The number of carbonyl (C=O) groups is 1. The van der Waals surface area contributed by atoms with Crippen LogP contribution in [0.25, 0.3) is 0 Å². The van der Waals surface area contributed by atoms with Crippen LogP contribution in [-0.4, -0.2) is 5.91 Å². The summed E-state index contributed by atoms with van der Waals surface area (Å²) < 4.78 is 12.9. The summed E-state index contributed by atoms with van der Waals surface area (Å²) in [6, 6.07) is 4.18. The molecule has 3 heteroatoms. The average molecular weight is 206 g/mol. The van der Waals surface area contributed by atoms with Crippen molar-refractivity contribution in [2.45, 2.75) is 19.3 Å². The van der Waals surface area contributed by atoms with E-state index in [1.54, 1.807) is 6.07 Å². The van der Waals surface area contributed by atoms with E-state index in [1.807, 2.05) is 6.42 Å². The van der Waals surface area contributed by atoms with Gasteiger partial charge in [0.1, 0.15) is 5.82 Å². The molecule has 1 fully saturated rings. The molecule has 0 bridgehead atoms. The summed E-state index contributed by atoms with van der Waals surface area (Å²) in [5, 5.41) is 0. The topological polar surface area (TPSA) is 43.1 Å². The molecule has 0 spiro atoms. The van der Waals surface area contributed by atoms with Crippen molar-refractivity contribution in [1.82, 2.24) is 0 Å². The molecule has 0 saturated heterocycles. The van der Waals surface area contributed by atoms with Crippen LogP contribution in [0, 0.1) is 18.2 Å². The highest BCUT2D eigenvalue weighted by atomic mass is 19.1. The normalized spacial score (nSPS) is 16.1. The fourth-order valence-electron chi connectivity index (χ4n) is 1.75. The quantitative estimate of drug-likeness (QED) is 0.810. The van der Waals surface area contributed by atoms with Crippen LogP contribution in [0.2, 0.25) is 0 Å². The molecule has 0 aromatic heterocycles. The second-order valence-electron chi connectivity index (χ2n) is 3.95. The first-order chi connectivity index (χ1) is 7.16. The fourth-order valence-corrected chi connectivity index (χ4v) is 1.75. The third-order valence-electron chi connectivity index (χ3n) is 2.85. The van der Waals surface area contributed by atoms with Crippen molar-refractivity contribution in [3.63, 3.8) is 0 Å². The lowest BCUT2D eigenvalue weighted by Crippen LogP contribution is -2.17. The van der Waals surface area contributed by atoms with E-state index in [4.69, 9.17) is 5.73 Å². The summed E-state index contributed by atoms with van der Waals surface area (Å²) in [6.45, 7) is 0. The van der Waals surface area contributed by atoms with Gasteiger partial charge in [0, 0.05) is 5.56 Å². The van der Waals surface area contributed by atoms with E-state index in [2.05, 4.69) is 0 Å². The smallest absolute Gasteiger partial charge is 0.249 e. The van der Waals surface area contributed by atoms with Gasteiger partial charge in [0.25, 0.3) is 0 Å². The van der Waals surface area contributed by atoms with Gasteiger partial charge in [-0.2, -0.15) is 0 Å². The Morgan fingerprint density at radius 3 is 2.73 bits per heavy atom. The summed E-state index contributed by atoms with van der Waals surface area (Å²) in [5.74, 6) is -0.469. The van der Waals surface area contributed by atoms with Gasteiger partial charge in [-0.15, -0.1) is 0 Å². The van der Waals surface area contributed by atoms with Crippen LogP contribution in [0.4, 0.5) is 4.39 Å². The summed E-state index contributed by atoms with van der Waals surface area (Å²) in [4.78, 5) is 11.1. The maximum atomic E-state index is 12.9. The number of primary amides is 1. The zero-order chi connectivity index (χ0) is 10.8. The fraction of sp³-hybridized carbons (Fsp3) is 0.333. The SMILES string of the molecule is NC(=O)c1cc(F)ccc1[CH]C1CCC1. The minimum Gasteiger partial charge on any atom is -0.366 e. The molecule has 1 aromatic carbocycles. The Hall–Kier alpha value is -1.38. The van der Waals surface area contributed by atoms with E-state index >= 15 is 0 Å². The van der Waals surface area contributed by atoms with E-state index in [-0.39, 0.29) is 5.56 Å². The largest absolute Gasteiger partial charge is 0.366 e. The van der Waals surface area contributed by atoms with Crippen LogP contribution in [0.3, 0.4) is 0 Å². The van der Waals surface area contributed by atoms with Crippen LogP contribution >= 0.6 is 0 Å². The molecular formula is C12H13FNO. The lowest BCUT2D eigenvalue weighted by atomic mass is 9.80. The van der Waals surface area contributed by atoms with Gasteiger partial charge in [0.15, 0.2) is 0 Å². The maximum absolute atomic E-state index is 12.9. The van der Waals surface area contributed by atoms with E-state index in [0.29, 0.717) is 5.92 Å². The first-order valence-corrected chi connectivity index (χ1v) is 5.11. The Kier molecular flexibility index (Phi) is 2.71. The number of carbonyl (C=O) groups excluding carboxylic acids is 1. The first kappa shape index (κ1) is 10.1. The third kappa shape index (κ3) is 2.17. The van der Waals surface area contributed by atoms with Gasteiger partial charge >= 0.3 is 0 Å². The molecule has 1 aliphatic rings. The molecule has 1 saturated carbocycles. The first-order valence-electron chi connectivity index (χ1n) is 5.11. The van der Waals surface area contributed by atoms with Gasteiger partial charge in [0.2, 0.25) is 5.91 Å². The van der Waals surface area contributed by atoms with Crippen LogP contribution in [-0.2, 0) is 0 Å². The van der Waals surface area contributed by atoms with Crippen molar-refractivity contribution in [3.8, 4) is 0 Å². The molecule has 15 heavy (non-hydrogen) atoms. The third-order valence-corrected chi connectivity index (χ3v) is 2.85. The Bertz CT molecular complexity index is 385. The molecule has 79 valence electrons. The number of hydrogen-bond acceptors (Lipinski definition) is 1. The molecule has 1 aromatic rings. The average Bonchev–Trinajstić information content (AvgIpc) is 2.12. The predicted octanol–water partition coefficient (Wildman–Crippen LogP) is 2.28. The standard InChI is InChI=1S/C12H13FNO/c13-10-5-4-9(6-8-2-1-3-8)11(7-10)12(14)15/h4-8H,1-3H2,(H2,14,15). The summed E-state index contributed by atoms with van der Waals surface area (Å²) in [6.07, 6.45) is 5.54. The number of hydrogen-bond donors (Lipinski definition) is 1. The lowest BCUT2D eigenvalue weighted by molar-refractivity contribution is 0.0999. The maximum Gasteiger partial charge on any atom is 0.249 e. The highest BCUT2D eigenvalue weighted by molar-refractivity contribution is 5.94. The van der Waals surface area contributed by atoms with E-state index in [9.17, 15) is 9.18 Å². The Morgan fingerprint density at radius 1 is 1.47 bits per heavy atom. The second kappa shape index (κ2) is 4.01. The Balaban J connectivity index is 2.23. The zero-order valence-electron chi connectivity index (χ0n) is 8.37. The van der Waals surface area contributed by atoms with Crippen LogP contribution < -0.4 is 5.73 Å². The van der Waals surface area contributed by atoms with Crippen molar-refractivity contribution in [2.24, 2.45) is 11.7 Å².